The number of benzene rings is 2. The molecular weight excluding hydrogens is 574 g/mol. The number of aliphatic hydroxyl groups excluding tert-OH is 1. The first-order chi connectivity index (χ1) is 22.4. The standard InChI is InChI=1S/C35H51N3O7/c1-3-4-19-43-20-16-37-33(40)9-5-7-26-11-13-28-29-14-12-27(23-31(29)32(30(28)22-26)24-45-35(36)42)8-6-10-34(41)38-17-21-44-25(2)15-18-39/h11-14,22-23,25,32,39H,3-10,15-21,24H2,1-2H3,(H2,36,42)(H,37,40)(H,38,41)/i/hD. The van der Waals surface area contributed by atoms with Crippen LogP contribution in [0.3, 0.4) is 0 Å². The average molecular weight is 627 g/mol. The van der Waals surface area contributed by atoms with Gasteiger partial charge in [-0.1, -0.05) is 49.7 Å². The first-order valence-corrected chi connectivity index (χ1v) is 16.3. The molecule has 5 N–H and O–H groups in total. The van der Waals surface area contributed by atoms with E-state index in [0.717, 1.165) is 65.7 Å². The number of ether oxygens (including phenoxy) is 3. The number of carbonyl (C=O) groups excluding carboxylic acids is 3. The van der Waals surface area contributed by atoms with E-state index in [0.29, 0.717) is 58.4 Å². The molecule has 0 aromatic heterocycles. The van der Waals surface area contributed by atoms with Gasteiger partial charge in [0.15, 0.2) is 1.41 Å². The van der Waals surface area contributed by atoms with Crippen LogP contribution in [0.1, 0.15) is 87.0 Å². The molecule has 1 aliphatic carbocycles. The molecule has 3 rings (SSSR count). The second kappa shape index (κ2) is 19.8. The minimum Gasteiger partial charge on any atom is -0.449 e. The Morgan fingerprint density at radius 3 is 2.07 bits per heavy atom. The largest absolute Gasteiger partial charge is 0.449 e. The molecule has 45 heavy (non-hydrogen) atoms. The summed E-state index contributed by atoms with van der Waals surface area (Å²) in [6, 6.07) is 12.6. The van der Waals surface area contributed by atoms with Crippen molar-refractivity contribution in [3.05, 3.63) is 58.7 Å². The highest BCUT2D eigenvalue weighted by molar-refractivity contribution is 5.80. The van der Waals surface area contributed by atoms with Crippen LogP contribution >= 0.6 is 0 Å². The lowest BCUT2D eigenvalue weighted by molar-refractivity contribution is -0.122. The fourth-order valence-electron chi connectivity index (χ4n) is 5.52. The van der Waals surface area contributed by atoms with E-state index in [1.54, 1.807) is 5.73 Å². The molecule has 0 saturated carbocycles. The van der Waals surface area contributed by atoms with Crippen molar-refractivity contribution in [3.8, 4) is 11.1 Å². The molecule has 0 heterocycles. The van der Waals surface area contributed by atoms with Gasteiger partial charge >= 0.3 is 6.09 Å². The molecular formula is C35H51N3O7. The summed E-state index contributed by atoms with van der Waals surface area (Å²) in [4.78, 5) is 36.4. The highest BCUT2D eigenvalue weighted by Crippen LogP contribution is 2.46. The number of primary amides is 1. The van der Waals surface area contributed by atoms with Crippen molar-refractivity contribution in [1.82, 2.24) is 10.6 Å². The van der Waals surface area contributed by atoms with Gasteiger partial charge in [0.05, 0.1) is 19.3 Å². The summed E-state index contributed by atoms with van der Waals surface area (Å²) in [5.41, 5.74) is 8.27. The van der Waals surface area contributed by atoms with Crippen LogP contribution in [-0.2, 0) is 36.6 Å². The number of fused-ring (bicyclic) bond motifs is 3. The predicted octanol–water partition coefficient (Wildman–Crippen LogP) is 4.38. The van der Waals surface area contributed by atoms with Gasteiger partial charge in [0, 0.05) is 45.1 Å². The molecule has 10 heteroatoms. The first-order valence-electron chi connectivity index (χ1n) is 16.8. The minimum atomic E-state index is -0.802. The number of hydrogen-bond acceptors (Lipinski definition) is 7. The van der Waals surface area contributed by atoms with E-state index in [1.807, 2.05) is 6.92 Å². The maximum atomic E-state index is 12.3. The third kappa shape index (κ3) is 12.4. The lowest BCUT2D eigenvalue weighted by Crippen LogP contribution is -2.28. The van der Waals surface area contributed by atoms with Gasteiger partial charge in [-0.15, -0.1) is 0 Å². The molecule has 248 valence electrons. The van der Waals surface area contributed by atoms with E-state index in [4.69, 9.17) is 20.7 Å². The third-order valence-corrected chi connectivity index (χ3v) is 7.97. The molecule has 0 fully saturated rings. The van der Waals surface area contributed by atoms with Crippen molar-refractivity contribution in [1.29, 1.82) is 0 Å². The summed E-state index contributed by atoms with van der Waals surface area (Å²) >= 11 is 0. The number of hydrogen-bond donors (Lipinski definition) is 4. The zero-order valence-electron chi connectivity index (χ0n) is 27.8. The van der Waals surface area contributed by atoms with Gasteiger partial charge in [-0.3, -0.25) is 9.59 Å². The molecule has 0 spiro atoms. The van der Waals surface area contributed by atoms with Crippen molar-refractivity contribution < 1.29 is 35.1 Å². The smallest absolute Gasteiger partial charge is 0.404 e. The van der Waals surface area contributed by atoms with Crippen LogP contribution in [0.5, 0.6) is 0 Å². The molecule has 3 amide bonds. The quantitative estimate of drug-likeness (QED) is 0.142. The number of unbranched alkanes of at least 4 members (excludes halogenated alkanes) is 1. The highest BCUT2D eigenvalue weighted by Gasteiger charge is 2.30. The number of aryl methyl sites for hydroxylation is 2. The third-order valence-electron chi connectivity index (χ3n) is 7.97. The molecule has 2 unspecified atom stereocenters. The number of nitrogens with two attached hydrogens (primary N) is 1. The van der Waals surface area contributed by atoms with Gasteiger partial charge < -0.3 is 35.7 Å². The SMILES string of the molecule is [2H]NC(=O)OCC1c2cc(CCCC(=O)NCCOCCCC)ccc2-c2ccc(CCCC(=O)NCCOC(C)CCO)cc21. The van der Waals surface area contributed by atoms with Gasteiger partial charge in [-0.25, -0.2) is 4.79 Å². The topological polar surface area (TPSA) is 149 Å². The van der Waals surface area contributed by atoms with Crippen LogP contribution in [0.4, 0.5) is 4.79 Å². The fourth-order valence-corrected chi connectivity index (χ4v) is 5.52. The molecule has 2 aromatic carbocycles. The molecule has 0 aliphatic heterocycles. The Kier molecular flexibility index (Phi) is 15.2. The molecule has 0 saturated heterocycles. The van der Waals surface area contributed by atoms with E-state index in [9.17, 15) is 14.4 Å². The van der Waals surface area contributed by atoms with Gasteiger partial charge in [0.2, 0.25) is 11.8 Å². The van der Waals surface area contributed by atoms with Crippen molar-refractivity contribution in [2.75, 3.05) is 46.1 Å². The monoisotopic (exact) mass is 626 g/mol. The number of amides is 3. The molecule has 0 radical (unpaired) electrons. The highest BCUT2D eigenvalue weighted by atomic mass is 16.5. The van der Waals surface area contributed by atoms with Gasteiger partial charge in [-0.05, 0) is 78.8 Å². The summed E-state index contributed by atoms with van der Waals surface area (Å²) in [7, 11) is 0. The lowest BCUT2D eigenvalue weighted by atomic mass is 9.94. The Hall–Kier alpha value is -3.47. The van der Waals surface area contributed by atoms with Crippen LogP contribution in [0.2, 0.25) is 1.41 Å². The van der Waals surface area contributed by atoms with Gasteiger partial charge in [-0.2, -0.15) is 0 Å². The van der Waals surface area contributed by atoms with Gasteiger partial charge in [0.1, 0.15) is 6.61 Å². The summed E-state index contributed by atoms with van der Waals surface area (Å²) in [6.07, 6.45) is 5.53. The first kappa shape index (κ1) is 34.4. The van der Waals surface area contributed by atoms with Crippen molar-refractivity contribution >= 4 is 17.9 Å². The maximum absolute atomic E-state index is 12.3. The van der Waals surface area contributed by atoms with E-state index in [-0.39, 0.29) is 37.0 Å². The number of nitrogens with one attached hydrogen (secondary N) is 2. The maximum Gasteiger partial charge on any atom is 0.404 e. The summed E-state index contributed by atoms with van der Waals surface area (Å²) in [6.45, 7) is 6.79. The Balaban J connectivity index is 1.55. The second-order valence-electron chi connectivity index (χ2n) is 11.6. The van der Waals surface area contributed by atoms with Crippen molar-refractivity contribution in [2.45, 2.75) is 83.7 Å². The Labute approximate surface area is 268 Å². The summed E-state index contributed by atoms with van der Waals surface area (Å²) < 4.78 is 23.5. The van der Waals surface area contributed by atoms with Crippen molar-refractivity contribution in [3.63, 3.8) is 0 Å². The average Bonchev–Trinajstić information content (AvgIpc) is 3.35. The molecule has 10 nitrogen and oxygen atoms in total. The van der Waals surface area contributed by atoms with Crippen LogP contribution in [0.25, 0.3) is 11.1 Å². The van der Waals surface area contributed by atoms with Gasteiger partial charge in [0.25, 0.3) is 0 Å². The molecule has 2 atom stereocenters. The predicted molar refractivity (Wildman–Crippen MR) is 174 cm³/mol. The van der Waals surface area contributed by atoms with Crippen LogP contribution in [0, 0.1) is 0 Å². The second-order valence-corrected chi connectivity index (χ2v) is 11.6. The van der Waals surface area contributed by atoms with E-state index >= 15 is 0 Å². The number of rotatable bonds is 22. The van der Waals surface area contributed by atoms with Crippen LogP contribution in [-0.4, -0.2) is 75.2 Å². The van der Waals surface area contributed by atoms with Crippen LogP contribution < -0.4 is 16.4 Å². The van der Waals surface area contributed by atoms with Crippen molar-refractivity contribution in [2.24, 2.45) is 5.73 Å². The van der Waals surface area contributed by atoms with E-state index in [2.05, 4.69) is 54.0 Å². The molecule has 1 aliphatic rings. The normalized spacial score (nSPS) is 14.2. The summed E-state index contributed by atoms with van der Waals surface area (Å²) in [5, 5.41) is 14.7. The zero-order valence-corrected chi connectivity index (χ0v) is 26.8. The molecule has 2 aromatic rings. The minimum absolute atomic E-state index is 0.0169. The Morgan fingerprint density at radius 1 is 0.911 bits per heavy atom. The number of aliphatic hydroxyl groups is 1. The fraction of sp³-hybridized carbons (Fsp3) is 0.571. The Bertz CT molecular complexity index is 1260. The Morgan fingerprint density at radius 2 is 1.51 bits per heavy atom. The van der Waals surface area contributed by atoms with Crippen LogP contribution in [0.15, 0.2) is 36.4 Å². The van der Waals surface area contributed by atoms with E-state index in [1.165, 1.54) is 0 Å². The summed E-state index contributed by atoms with van der Waals surface area (Å²) in [5.74, 6) is -0.195. The lowest BCUT2D eigenvalue weighted by Gasteiger charge is -2.15. The zero-order chi connectivity index (χ0) is 33.1. The van der Waals surface area contributed by atoms with E-state index < -0.39 is 6.09 Å². The molecule has 0 bridgehead atoms. The number of carbonyl (C=O) groups is 3.